The second-order valence-corrected chi connectivity index (χ2v) is 7.03. The molecule has 0 atom stereocenters. The number of amides is 1. The van der Waals surface area contributed by atoms with E-state index in [0.29, 0.717) is 15.8 Å². The van der Waals surface area contributed by atoms with Crippen molar-refractivity contribution >= 4 is 57.1 Å². The Labute approximate surface area is 153 Å². The van der Waals surface area contributed by atoms with Gasteiger partial charge in [0.15, 0.2) is 5.13 Å². The molecule has 3 aromatic rings. The monoisotopic (exact) mass is 375 g/mol. The summed E-state index contributed by atoms with van der Waals surface area (Å²) in [6, 6.07) is 15.0. The number of aromatic nitrogens is 1. The second kappa shape index (κ2) is 7.70. The van der Waals surface area contributed by atoms with Gasteiger partial charge in [0.1, 0.15) is 5.69 Å². The van der Waals surface area contributed by atoms with Crippen molar-refractivity contribution in [1.82, 2.24) is 4.98 Å². The number of thiazole rings is 1. The maximum Gasteiger partial charge on any atom is 0.275 e. The van der Waals surface area contributed by atoms with Crippen LogP contribution >= 0.6 is 34.7 Å². The normalized spacial score (nSPS) is 10.4. The van der Waals surface area contributed by atoms with Crippen LogP contribution in [0.25, 0.3) is 0 Å². The minimum absolute atomic E-state index is 0.233. The third-order valence-corrected chi connectivity index (χ3v) is 4.86. The highest BCUT2D eigenvalue weighted by Gasteiger charge is 2.11. The molecule has 0 bridgehead atoms. The molecule has 3 rings (SSSR count). The molecular formula is C17H14ClN3OS2. The van der Waals surface area contributed by atoms with E-state index in [2.05, 4.69) is 15.6 Å². The Morgan fingerprint density at radius 1 is 1.17 bits per heavy atom. The number of rotatable bonds is 5. The van der Waals surface area contributed by atoms with Gasteiger partial charge in [0, 0.05) is 26.7 Å². The van der Waals surface area contributed by atoms with Crippen LogP contribution in [0.3, 0.4) is 0 Å². The largest absolute Gasteiger partial charge is 0.331 e. The van der Waals surface area contributed by atoms with Gasteiger partial charge in [-0.15, -0.1) is 23.1 Å². The van der Waals surface area contributed by atoms with E-state index in [1.54, 1.807) is 29.3 Å². The fourth-order valence-electron chi connectivity index (χ4n) is 2.02. The summed E-state index contributed by atoms with van der Waals surface area (Å²) in [7, 11) is 0. The van der Waals surface area contributed by atoms with Gasteiger partial charge < -0.3 is 10.6 Å². The van der Waals surface area contributed by atoms with Crippen LogP contribution < -0.4 is 10.6 Å². The molecule has 0 saturated carbocycles. The summed E-state index contributed by atoms with van der Waals surface area (Å²) in [5, 5.41) is 9.01. The van der Waals surface area contributed by atoms with Crippen molar-refractivity contribution in [2.24, 2.45) is 0 Å². The summed E-state index contributed by atoms with van der Waals surface area (Å²) in [4.78, 5) is 17.7. The molecular weight excluding hydrogens is 362 g/mol. The molecule has 1 amide bonds. The summed E-state index contributed by atoms with van der Waals surface area (Å²) in [5.74, 6) is -0.233. The number of benzene rings is 2. The number of nitrogens with zero attached hydrogens (tertiary/aromatic N) is 1. The highest BCUT2D eigenvalue weighted by atomic mass is 35.5. The first kappa shape index (κ1) is 16.8. The van der Waals surface area contributed by atoms with E-state index in [4.69, 9.17) is 11.6 Å². The van der Waals surface area contributed by atoms with Crippen LogP contribution in [-0.4, -0.2) is 17.1 Å². The highest BCUT2D eigenvalue weighted by molar-refractivity contribution is 7.98. The lowest BCUT2D eigenvalue weighted by molar-refractivity contribution is 0.102. The lowest BCUT2D eigenvalue weighted by atomic mass is 10.3. The summed E-state index contributed by atoms with van der Waals surface area (Å²) >= 11 is 8.95. The molecule has 24 heavy (non-hydrogen) atoms. The van der Waals surface area contributed by atoms with Crippen LogP contribution in [0.1, 0.15) is 10.5 Å². The Bertz CT molecular complexity index is 866. The number of carbonyl (C=O) groups is 1. The van der Waals surface area contributed by atoms with Crippen LogP contribution in [0.15, 0.2) is 58.8 Å². The van der Waals surface area contributed by atoms with Gasteiger partial charge in [-0.2, -0.15) is 0 Å². The third kappa shape index (κ3) is 4.29. The summed E-state index contributed by atoms with van der Waals surface area (Å²) in [6.45, 7) is 0. The molecule has 0 aliphatic rings. The van der Waals surface area contributed by atoms with Crippen molar-refractivity contribution in [2.75, 3.05) is 16.9 Å². The van der Waals surface area contributed by atoms with E-state index < -0.39 is 0 Å². The zero-order chi connectivity index (χ0) is 16.9. The fraction of sp³-hybridized carbons (Fsp3) is 0.0588. The Hall–Kier alpha value is -2.02. The van der Waals surface area contributed by atoms with Crippen molar-refractivity contribution in [3.05, 3.63) is 64.6 Å². The molecule has 0 aliphatic carbocycles. The predicted molar refractivity (Wildman–Crippen MR) is 103 cm³/mol. The maximum atomic E-state index is 12.3. The van der Waals surface area contributed by atoms with Gasteiger partial charge >= 0.3 is 0 Å². The molecule has 122 valence electrons. The number of nitrogens with one attached hydrogen (secondary N) is 2. The van der Waals surface area contributed by atoms with Crippen LogP contribution in [-0.2, 0) is 0 Å². The van der Waals surface area contributed by atoms with Crippen molar-refractivity contribution in [3.8, 4) is 0 Å². The average molecular weight is 376 g/mol. The van der Waals surface area contributed by atoms with E-state index >= 15 is 0 Å². The Morgan fingerprint density at radius 3 is 2.75 bits per heavy atom. The fourth-order valence-corrected chi connectivity index (χ4v) is 3.38. The van der Waals surface area contributed by atoms with Crippen LogP contribution in [0.5, 0.6) is 0 Å². The molecule has 0 aliphatic heterocycles. The molecule has 4 nitrogen and oxygen atoms in total. The van der Waals surface area contributed by atoms with Crippen molar-refractivity contribution in [2.45, 2.75) is 4.90 Å². The molecule has 0 saturated heterocycles. The summed E-state index contributed by atoms with van der Waals surface area (Å²) in [6.07, 6.45) is 2.00. The van der Waals surface area contributed by atoms with Crippen LogP contribution in [0.2, 0.25) is 5.02 Å². The molecule has 2 aromatic carbocycles. The lowest BCUT2D eigenvalue weighted by Crippen LogP contribution is -2.12. The summed E-state index contributed by atoms with van der Waals surface area (Å²) < 4.78 is 0. The molecule has 2 N–H and O–H groups in total. The Balaban J connectivity index is 1.69. The van der Waals surface area contributed by atoms with Gasteiger partial charge in [-0.25, -0.2) is 4.98 Å². The van der Waals surface area contributed by atoms with Gasteiger partial charge in [0.2, 0.25) is 0 Å². The zero-order valence-corrected chi connectivity index (χ0v) is 15.1. The van der Waals surface area contributed by atoms with Gasteiger partial charge in [-0.3, -0.25) is 4.79 Å². The van der Waals surface area contributed by atoms with Gasteiger partial charge in [0.05, 0.1) is 0 Å². The van der Waals surface area contributed by atoms with Crippen LogP contribution in [0.4, 0.5) is 16.5 Å². The molecule has 1 heterocycles. The van der Waals surface area contributed by atoms with E-state index in [0.717, 1.165) is 16.3 Å². The minimum atomic E-state index is -0.233. The van der Waals surface area contributed by atoms with E-state index in [1.807, 2.05) is 42.7 Å². The van der Waals surface area contributed by atoms with Crippen molar-refractivity contribution in [1.29, 1.82) is 0 Å². The van der Waals surface area contributed by atoms with Crippen LogP contribution in [0, 0.1) is 0 Å². The third-order valence-electron chi connectivity index (χ3n) is 3.14. The van der Waals surface area contributed by atoms with E-state index in [9.17, 15) is 4.79 Å². The summed E-state index contributed by atoms with van der Waals surface area (Å²) in [5.41, 5.74) is 1.96. The van der Waals surface area contributed by atoms with Gasteiger partial charge in [-0.1, -0.05) is 23.7 Å². The number of hydrogen-bond acceptors (Lipinski definition) is 5. The first-order chi connectivity index (χ1) is 11.6. The molecule has 0 radical (unpaired) electrons. The molecule has 0 fully saturated rings. The lowest BCUT2D eigenvalue weighted by Gasteiger charge is -2.05. The van der Waals surface area contributed by atoms with Gasteiger partial charge in [0.25, 0.3) is 5.91 Å². The highest BCUT2D eigenvalue weighted by Crippen LogP contribution is 2.24. The second-order valence-electron chi connectivity index (χ2n) is 4.86. The maximum absolute atomic E-state index is 12.3. The number of carbonyl (C=O) groups excluding carboxylic acids is 1. The minimum Gasteiger partial charge on any atom is -0.331 e. The zero-order valence-electron chi connectivity index (χ0n) is 12.7. The van der Waals surface area contributed by atoms with E-state index in [1.165, 1.54) is 11.3 Å². The smallest absolute Gasteiger partial charge is 0.275 e. The molecule has 0 spiro atoms. The quantitative estimate of drug-likeness (QED) is 0.577. The van der Waals surface area contributed by atoms with Gasteiger partial charge in [-0.05, 0) is 42.7 Å². The van der Waals surface area contributed by atoms with Crippen molar-refractivity contribution in [3.63, 3.8) is 0 Å². The first-order valence-corrected chi connectivity index (χ1v) is 9.56. The van der Waals surface area contributed by atoms with Crippen molar-refractivity contribution < 1.29 is 4.79 Å². The Kier molecular flexibility index (Phi) is 5.40. The molecule has 7 heteroatoms. The topological polar surface area (TPSA) is 54.0 Å². The standard InChI is InChI=1S/C17H14ClN3OS2/c1-23-14-7-3-6-13(9-14)19-16(22)15-10-24-17(21-15)20-12-5-2-4-11(18)8-12/h2-10H,1H3,(H,19,22)(H,20,21). The predicted octanol–water partition coefficient (Wildman–Crippen LogP) is 5.51. The average Bonchev–Trinajstić information content (AvgIpc) is 3.04. The Morgan fingerprint density at radius 2 is 1.96 bits per heavy atom. The first-order valence-electron chi connectivity index (χ1n) is 7.07. The number of thioether (sulfide) groups is 1. The SMILES string of the molecule is CSc1cccc(NC(=O)c2csc(Nc3cccc(Cl)c3)n2)c1. The number of anilines is 3. The van der Waals surface area contributed by atoms with E-state index in [-0.39, 0.29) is 5.91 Å². The molecule has 0 unspecified atom stereocenters. The molecule has 1 aromatic heterocycles. The number of halogens is 1. The number of hydrogen-bond donors (Lipinski definition) is 2.